The van der Waals surface area contributed by atoms with E-state index in [1.54, 1.807) is 5.57 Å². The van der Waals surface area contributed by atoms with Crippen LogP contribution in [0.5, 0.6) is 0 Å². The van der Waals surface area contributed by atoms with Crippen LogP contribution in [0, 0.1) is 5.92 Å². The molecule has 1 heteroatoms. The topological polar surface area (TPSA) is 0 Å². The van der Waals surface area contributed by atoms with Gasteiger partial charge in [-0.1, -0.05) is 44.1 Å². The van der Waals surface area contributed by atoms with Crippen molar-refractivity contribution < 1.29 is 0 Å². The maximum absolute atomic E-state index is 2.30. The fourth-order valence-electron chi connectivity index (χ4n) is 2.13. The van der Waals surface area contributed by atoms with Gasteiger partial charge < -0.3 is 0 Å². The first-order valence-electron chi connectivity index (χ1n) is 5.82. The number of rotatable bonds is 4. The van der Waals surface area contributed by atoms with Crippen LogP contribution in [0.25, 0.3) is 5.57 Å². The fourth-order valence-corrected chi connectivity index (χ4v) is 2.96. The average Bonchev–Trinajstić information content (AvgIpc) is 2.80. The molecule has 0 radical (unpaired) electrons. The Morgan fingerprint density at radius 2 is 2.40 bits per heavy atom. The monoisotopic (exact) mass is 218 g/mol. The zero-order valence-electron chi connectivity index (χ0n) is 9.28. The number of thiophene rings is 1. The van der Waals surface area contributed by atoms with E-state index in [0.717, 1.165) is 5.92 Å². The van der Waals surface area contributed by atoms with Gasteiger partial charge in [-0.25, -0.2) is 0 Å². The van der Waals surface area contributed by atoms with E-state index >= 15 is 0 Å². The fraction of sp³-hybridized carbons (Fsp3) is 0.429. The minimum absolute atomic E-state index is 0.758. The lowest BCUT2D eigenvalue weighted by atomic mass is 9.86. The van der Waals surface area contributed by atoms with E-state index in [1.165, 1.54) is 30.6 Å². The van der Waals surface area contributed by atoms with E-state index in [9.17, 15) is 0 Å². The largest absolute Gasteiger partial charge is 0.144 e. The predicted octanol–water partition coefficient (Wildman–Crippen LogP) is 4.90. The lowest BCUT2D eigenvalue weighted by Crippen LogP contribution is -2.04. The average molecular weight is 218 g/mol. The van der Waals surface area contributed by atoms with Gasteiger partial charge in [0.05, 0.1) is 0 Å². The van der Waals surface area contributed by atoms with Gasteiger partial charge >= 0.3 is 0 Å². The number of hydrogen-bond acceptors (Lipinski definition) is 1. The van der Waals surface area contributed by atoms with Gasteiger partial charge in [-0.15, -0.1) is 11.3 Å². The van der Waals surface area contributed by atoms with Crippen molar-refractivity contribution >= 4 is 16.9 Å². The van der Waals surface area contributed by atoms with Gasteiger partial charge in [0.15, 0.2) is 0 Å². The Bertz CT molecular complexity index is 343. The quantitative estimate of drug-likeness (QED) is 0.674. The van der Waals surface area contributed by atoms with Gasteiger partial charge in [0.2, 0.25) is 0 Å². The maximum atomic E-state index is 2.30. The summed E-state index contributed by atoms with van der Waals surface area (Å²) in [6, 6.07) is 4.39. The Balaban J connectivity index is 2.12. The molecule has 1 aromatic rings. The SMILES string of the molecule is CCCCC1CC=CC=C1c1cccs1. The predicted molar refractivity (Wildman–Crippen MR) is 69.1 cm³/mol. The Morgan fingerprint density at radius 1 is 1.47 bits per heavy atom. The molecule has 0 aromatic carbocycles. The Hall–Kier alpha value is -0.820. The van der Waals surface area contributed by atoms with Crippen LogP contribution in [0.2, 0.25) is 0 Å². The van der Waals surface area contributed by atoms with E-state index in [2.05, 4.69) is 42.7 Å². The Labute approximate surface area is 96.3 Å². The van der Waals surface area contributed by atoms with Gasteiger partial charge in [-0.05, 0) is 35.8 Å². The lowest BCUT2D eigenvalue weighted by Gasteiger charge is -2.20. The highest BCUT2D eigenvalue weighted by atomic mass is 32.1. The summed E-state index contributed by atoms with van der Waals surface area (Å²) in [5.74, 6) is 0.758. The van der Waals surface area contributed by atoms with Crippen LogP contribution in [-0.4, -0.2) is 0 Å². The second-order valence-corrected chi connectivity index (χ2v) is 5.05. The molecule has 0 N–H and O–H groups in total. The van der Waals surface area contributed by atoms with Crippen molar-refractivity contribution in [3.8, 4) is 0 Å². The molecular formula is C14H18S. The summed E-state index contributed by atoms with van der Waals surface area (Å²) in [7, 11) is 0. The van der Waals surface area contributed by atoms with Crippen LogP contribution in [0.4, 0.5) is 0 Å². The molecule has 2 rings (SSSR count). The molecule has 80 valence electrons. The van der Waals surface area contributed by atoms with Crippen LogP contribution in [0.3, 0.4) is 0 Å². The molecule has 1 aliphatic carbocycles. The van der Waals surface area contributed by atoms with Crippen molar-refractivity contribution in [3.63, 3.8) is 0 Å². The summed E-state index contributed by atoms with van der Waals surface area (Å²) in [4.78, 5) is 1.46. The molecule has 0 aliphatic heterocycles. The van der Waals surface area contributed by atoms with Crippen molar-refractivity contribution in [3.05, 3.63) is 40.6 Å². The van der Waals surface area contributed by atoms with E-state index < -0.39 is 0 Å². The van der Waals surface area contributed by atoms with Gasteiger partial charge in [-0.2, -0.15) is 0 Å². The van der Waals surface area contributed by atoms with E-state index in [-0.39, 0.29) is 0 Å². The minimum atomic E-state index is 0.758. The standard InChI is InChI=1S/C14H18S/c1-2-3-7-12-8-4-5-9-13(12)14-10-6-11-15-14/h4-6,9-12H,2-3,7-8H2,1H3. The summed E-state index contributed by atoms with van der Waals surface area (Å²) in [6.45, 7) is 2.27. The summed E-state index contributed by atoms with van der Waals surface area (Å²) < 4.78 is 0. The number of unbranched alkanes of at least 4 members (excludes halogenated alkanes) is 1. The summed E-state index contributed by atoms with van der Waals surface area (Å²) >= 11 is 1.86. The zero-order chi connectivity index (χ0) is 10.5. The molecule has 0 fully saturated rings. The third kappa shape index (κ3) is 2.60. The van der Waals surface area contributed by atoms with E-state index in [0.29, 0.717) is 0 Å². The van der Waals surface area contributed by atoms with E-state index in [4.69, 9.17) is 0 Å². The molecule has 1 aliphatic rings. The molecule has 0 nitrogen and oxygen atoms in total. The molecular weight excluding hydrogens is 200 g/mol. The molecule has 0 saturated heterocycles. The zero-order valence-corrected chi connectivity index (χ0v) is 10.1. The summed E-state index contributed by atoms with van der Waals surface area (Å²) in [6.07, 6.45) is 12.0. The number of allylic oxidation sites excluding steroid dienone is 4. The maximum Gasteiger partial charge on any atom is 0.0305 e. The van der Waals surface area contributed by atoms with E-state index in [1.807, 2.05) is 11.3 Å². The van der Waals surface area contributed by atoms with Gasteiger partial charge in [0.25, 0.3) is 0 Å². The van der Waals surface area contributed by atoms with Gasteiger partial charge in [-0.3, -0.25) is 0 Å². The number of hydrogen-bond donors (Lipinski definition) is 0. The lowest BCUT2D eigenvalue weighted by molar-refractivity contribution is 0.572. The molecule has 0 bridgehead atoms. The highest BCUT2D eigenvalue weighted by Crippen LogP contribution is 2.35. The summed E-state index contributed by atoms with van der Waals surface area (Å²) in [5, 5.41) is 2.17. The normalized spacial score (nSPS) is 20.3. The molecule has 0 amide bonds. The van der Waals surface area contributed by atoms with Gasteiger partial charge in [0.1, 0.15) is 0 Å². The van der Waals surface area contributed by atoms with Crippen molar-refractivity contribution in [2.24, 2.45) is 5.92 Å². The summed E-state index contributed by atoms with van der Waals surface area (Å²) in [5.41, 5.74) is 1.56. The molecule has 1 heterocycles. The Kier molecular flexibility index (Phi) is 3.79. The van der Waals surface area contributed by atoms with Crippen LogP contribution >= 0.6 is 11.3 Å². The first-order chi connectivity index (χ1) is 7.42. The minimum Gasteiger partial charge on any atom is -0.144 e. The highest BCUT2D eigenvalue weighted by Gasteiger charge is 2.16. The van der Waals surface area contributed by atoms with Crippen molar-refractivity contribution in [1.82, 2.24) is 0 Å². The molecule has 0 spiro atoms. The van der Waals surface area contributed by atoms with Crippen molar-refractivity contribution in [1.29, 1.82) is 0 Å². The third-order valence-corrected chi connectivity index (χ3v) is 3.90. The third-order valence-electron chi connectivity index (χ3n) is 2.98. The molecule has 1 aromatic heterocycles. The molecule has 1 unspecified atom stereocenters. The second-order valence-electron chi connectivity index (χ2n) is 4.10. The highest BCUT2D eigenvalue weighted by molar-refractivity contribution is 7.11. The van der Waals surface area contributed by atoms with Crippen LogP contribution in [0.1, 0.15) is 37.5 Å². The Morgan fingerprint density at radius 3 is 3.13 bits per heavy atom. The molecule has 1 atom stereocenters. The second kappa shape index (κ2) is 5.32. The first kappa shape index (κ1) is 10.7. The smallest absolute Gasteiger partial charge is 0.0305 e. The first-order valence-corrected chi connectivity index (χ1v) is 6.70. The van der Waals surface area contributed by atoms with Crippen LogP contribution in [0.15, 0.2) is 35.7 Å². The van der Waals surface area contributed by atoms with Crippen molar-refractivity contribution in [2.75, 3.05) is 0 Å². The van der Waals surface area contributed by atoms with Gasteiger partial charge in [0, 0.05) is 4.88 Å². The van der Waals surface area contributed by atoms with Crippen LogP contribution < -0.4 is 0 Å². The molecule has 15 heavy (non-hydrogen) atoms. The molecule has 0 saturated carbocycles. The van der Waals surface area contributed by atoms with Crippen molar-refractivity contribution in [2.45, 2.75) is 32.6 Å². The van der Waals surface area contributed by atoms with Crippen LogP contribution in [-0.2, 0) is 0 Å².